The molecule has 0 fully saturated rings. The molecular formula is C17H22N2O. The van der Waals surface area contributed by atoms with Gasteiger partial charge in [0.15, 0.2) is 0 Å². The quantitative estimate of drug-likeness (QED) is 0.707. The number of aliphatic hydroxyl groups is 1. The van der Waals surface area contributed by atoms with E-state index in [0.29, 0.717) is 6.54 Å². The second kappa shape index (κ2) is 7.08. The first-order valence-corrected chi connectivity index (χ1v) is 7.02. The predicted octanol–water partition coefficient (Wildman–Crippen LogP) is 2.65. The lowest BCUT2D eigenvalue weighted by atomic mass is 10.0. The monoisotopic (exact) mass is 270 g/mol. The molecule has 4 N–H and O–H groups in total. The summed E-state index contributed by atoms with van der Waals surface area (Å²) >= 11 is 0. The summed E-state index contributed by atoms with van der Waals surface area (Å²) in [7, 11) is 0. The summed E-state index contributed by atoms with van der Waals surface area (Å²) in [5.41, 5.74) is 10.1. The van der Waals surface area contributed by atoms with Crippen LogP contribution >= 0.6 is 0 Å². The summed E-state index contributed by atoms with van der Waals surface area (Å²) < 4.78 is 0. The molecule has 2 rings (SSSR count). The highest BCUT2D eigenvalue weighted by molar-refractivity contribution is 5.50. The molecule has 0 aromatic heterocycles. The van der Waals surface area contributed by atoms with Crippen molar-refractivity contribution in [3.8, 4) is 0 Å². The smallest absolute Gasteiger partial charge is 0.0914 e. The van der Waals surface area contributed by atoms with Crippen molar-refractivity contribution in [1.82, 2.24) is 5.32 Å². The molecular weight excluding hydrogens is 248 g/mol. The Bertz CT molecular complexity index is 540. The van der Waals surface area contributed by atoms with Gasteiger partial charge in [-0.1, -0.05) is 49.4 Å². The minimum Gasteiger partial charge on any atom is -0.398 e. The second-order valence-corrected chi connectivity index (χ2v) is 4.90. The zero-order valence-electron chi connectivity index (χ0n) is 11.8. The zero-order chi connectivity index (χ0) is 14.4. The van der Waals surface area contributed by atoms with Crippen LogP contribution in [-0.2, 0) is 13.0 Å². The summed E-state index contributed by atoms with van der Waals surface area (Å²) in [6.45, 7) is 3.36. The minimum absolute atomic E-state index is 0.484. The Morgan fingerprint density at radius 3 is 2.55 bits per heavy atom. The molecule has 0 spiro atoms. The Morgan fingerprint density at radius 2 is 1.85 bits per heavy atom. The van der Waals surface area contributed by atoms with Crippen LogP contribution in [0, 0.1) is 0 Å². The average Bonchev–Trinajstić information content (AvgIpc) is 2.48. The number of hydrogen-bond acceptors (Lipinski definition) is 3. The van der Waals surface area contributed by atoms with Gasteiger partial charge in [0.25, 0.3) is 0 Å². The number of rotatable bonds is 6. The lowest BCUT2D eigenvalue weighted by Crippen LogP contribution is -2.21. The number of nitrogens with two attached hydrogens (primary N) is 1. The summed E-state index contributed by atoms with van der Waals surface area (Å²) in [6, 6.07) is 15.7. The Labute approximate surface area is 120 Å². The van der Waals surface area contributed by atoms with E-state index in [1.54, 1.807) is 0 Å². The van der Waals surface area contributed by atoms with Crippen LogP contribution in [0.3, 0.4) is 0 Å². The maximum atomic E-state index is 10.1. The van der Waals surface area contributed by atoms with Crippen molar-refractivity contribution in [3.63, 3.8) is 0 Å². The van der Waals surface area contributed by atoms with E-state index in [1.165, 1.54) is 11.1 Å². The van der Waals surface area contributed by atoms with Crippen LogP contribution in [0.1, 0.15) is 29.7 Å². The summed E-state index contributed by atoms with van der Waals surface area (Å²) in [6.07, 6.45) is 0.438. The van der Waals surface area contributed by atoms with E-state index < -0.39 is 6.10 Å². The fourth-order valence-electron chi connectivity index (χ4n) is 2.39. The predicted molar refractivity (Wildman–Crippen MR) is 83.3 cm³/mol. The maximum Gasteiger partial charge on any atom is 0.0914 e. The van der Waals surface area contributed by atoms with Gasteiger partial charge in [0.2, 0.25) is 0 Å². The Balaban J connectivity index is 1.92. The highest BCUT2D eigenvalue weighted by atomic mass is 16.3. The van der Waals surface area contributed by atoms with Gasteiger partial charge >= 0.3 is 0 Å². The first-order chi connectivity index (χ1) is 9.72. The van der Waals surface area contributed by atoms with Gasteiger partial charge in [0, 0.05) is 18.8 Å². The molecule has 20 heavy (non-hydrogen) atoms. The van der Waals surface area contributed by atoms with Crippen molar-refractivity contribution >= 4 is 5.69 Å². The topological polar surface area (TPSA) is 58.3 Å². The van der Waals surface area contributed by atoms with Crippen LogP contribution in [-0.4, -0.2) is 11.7 Å². The third-order valence-electron chi connectivity index (χ3n) is 3.50. The van der Waals surface area contributed by atoms with Gasteiger partial charge < -0.3 is 16.2 Å². The van der Waals surface area contributed by atoms with Gasteiger partial charge in [-0.05, 0) is 29.2 Å². The van der Waals surface area contributed by atoms with Gasteiger partial charge in [0.05, 0.1) is 6.10 Å². The molecule has 0 saturated heterocycles. The molecule has 0 aliphatic rings. The van der Waals surface area contributed by atoms with Crippen LogP contribution in [0.15, 0.2) is 48.5 Å². The minimum atomic E-state index is -0.484. The van der Waals surface area contributed by atoms with E-state index in [0.717, 1.165) is 24.2 Å². The summed E-state index contributed by atoms with van der Waals surface area (Å²) in [5, 5.41) is 13.4. The van der Waals surface area contributed by atoms with Gasteiger partial charge in [-0.15, -0.1) is 0 Å². The van der Waals surface area contributed by atoms with Gasteiger partial charge in [0.1, 0.15) is 0 Å². The Hall–Kier alpha value is -1.84. The molecule has 3 heteroatoms. The molecule has 0 radical (unpaired) electrons. The lowest BCUT2D eigenvalue weighted by Gasteiger charge is -2.14. The van der Waals surface area contributed by atoms with E-state index in [4.69, 9.17) is 5.73 Å². The number of benzene rings is 2. The van der Waals surface area contributed by atoms with Crippen molar-refractivity contribution < 1.29 is 5.11 Å². The van der Waals surface area contributed by atoms with E-state index in [2.05, 4.69) is 18.3 Å². The molecule has 3 nitrogen and oxygen atoms in total. The van der Waals surface area contributed by atoms with Crippen molar-refractivity contribution in [2.45, 2.75) is 26.0 Å². The van der Waals surface area contributed by atoms with Gasteiger partial charge in [-0.25, -0.2) is 0 Å². The molecule has 2 aromatic carbocycles. The van der Waals surface area contributed by atoms with Crippen molar-refractivity contribution in [1.29, 1.82) is 0 Å². The number of aliphatic hydroxyl groups excluding tert-OH is 1. The standard InChI is InChI=1S/C17H22N2O/c1-2-15-14(9-6-10-16(15)18)11-19-12-17(20)13-7-4-3-5-8-13/h3-10,17,19-20H,2,11-12,18H2,1H3. The third kappa shape index (κ3) is 3.59. The van der Waals surface area contributed by atoms with Crippen LogP contribution < -0.4 is 11.1 Å². The summed E-state index contributed by atoms with van der Waals surface area (Å²) in [5.74, 6) is 0. The third-order valence-corrected chi connectivity index (χ3v) is 3.50. The first-order valence-electron chi connectivity index (χ1n) is 7.02. The summed E-state index contributed by atoms with van der Waals surface area (Å²) in [4.78, 5) is 0. The fourth-order valence-corrected chi connectivity index (χ4v) is 2.39. The van der Waals surface area contributed by atoms with Crippen LogP contribution in [0.4, 0.5) is 5.69 Å². The van der Waals surface area contributed by atoms with Crippen molar-refractivity contribution in [3.05, 3.63) is 65.2 Å². The molecule has 1 unspecified atom stereocenters. The number of nitrogens with one attached hydrogen (secondary N) is 1. The maximum absolute atomic E-state index is 10.1. The van der Waals surface area contributed by atoms with E-state index >= 15 is 0 Å². The highest BCUT2D eigenvalue weighted by Crippen LogP contribution is 2.18. The molecule has 1 atom stereocenters. The molecule has 0 bridgehead atoms. The first kappa shape index (κ1) is 14.6. The average molecular weight is 270 g/mol. The molecule has 0 aliphatic heterocycles. The Kier molecular flexibility index (Phi) is 5.16. The van der Waals surface area contributed by atoms with Crippen LogP contribution in [0.2, 0.25) is 0 Å². The largest absolute Gasteiger partial charge is 0.398 e. The molecule has 106 valence electrons. The fraction of sp³-hybridized carbons (Fsp3) is 0.294. The highest BCUT2D eigenvalue weighted by Gasteiger charge is 2.08. The molecule has 0 aliphatic carbocycles. The van der Waals surface area contributed by atoms with E-state index in [-0.39, 0.29) is 0 Å². The number of nitrogen functional groups attached to an aromatic ring is 1. The normalized spacial score (nSPS) is 12.3. The lowest BCUT2D eigenvalue weighted by molar-refractivity contribution is 0.174. The van der Waals surface area contributed by atoms with E-state index in [9.17, 15) is 5.11 Å². The SMILES string of the molecule is CCc1c(N)cccc1CNCC(O)c1ccccc1. The number of hydrogen-bond donors (Lipinski definition) is 3. The van der Waals surface area contributed by atoms with Gasteiger partial charge in [-0.2, -0.15) is 0 Å². The van der Waals surface area contributed by atoms with Crippen LogP contribution in [0.5, 0.6) is 0 Å². The van der Waals surface area contributed by atoms with Crippen molar-refractivity contribution in [2.75, 3.05) is 12.3 Å². The molecule has 2 aromatic rings. The van der Waals surface area contributed by atoms with Gasteiger partial charge in [-0.3, -0.25) is 0 Å². The molecule has 0 amide bonds. The Morgan fingerprint density at radius 1 is 1.10 bits per heavy atom. The second-order valence-electron chi connectivity index (χ2n) is 4.90. The zero-order valence-corrected chi connectivity index (χ0v) is 11.8. The van der Waals surface area contributed by atoms with E-state index in [1.807, 2.05) is 42.5 Å². The van der Waals surface area contributed by atoms with Crippen molar-refractivity contribution in [2.24, 2.45) is 0 Å². The van der Waals surface area contributed by atoms with Crippen LogP contribution in [0.25, 0.3) is 0 Å². The molecule has 0 heterocycles. The number of anilines is 1. The molecule has 0 saturated carbocycles.